The molecule has 2 rings (SSSR count). The second-order valence-electron chi connectivity index (χ2n) is 5.04. The number of hydrogen-bond acceptors (Lipinski definition) is 2. The number of hydrogen-bond donors (Lipinski definition) is 1. The van der Waals surface area contributed by atoms with Crippen LogP contribution in [0.15, 0.2) is 53.4 Å². The lowest BCUT2D eigenvalue weighted by atomic mass is 10.1. The Morgan fingerprint density at radius 3 is 2.48 bits per heavy atom. The summed E-state index contributed by atoms with van der Waals surface area (Å²) in [6, 6.07) is 16.0. The number of thioether (sulfide) groups is 1. The lowest BCUT2D eigenvalue weighted by Gasteiger charge is -2.16. The van der Waals surface area contributed by atoms with Gasteiger partial charge >= 0.3 is 0 Å². The summed E-state index contributed by atoms with van der Waals surface area (Å²) >= 11 is 1.69. The predicted octanol–water partition coefficient (Wildman–Crippen LogP) is 4.60. The Morgan fingerprint density at radius 1 is 1.14 bits per heavy atom. The average Bonchev–Trinajstić information content (AvgIpc) is 2.48. The minimum atomic E-state index is -0.0142. The molecule has 0 bridgehead atoms. The molecule has 0 aliphatic carbocycles. The van der Waals surface area contributed by atoms with Crippen LogP contribution < -0.4 is 5.32 Å². The van der Waals surface area contributed by atoms with Crippen molar-refractivity contribution in [3.05, 3.63) is 65.2 Å². The van der Waals surface area contributed by atoms with Crippen LogP contribution >= 0.6 is 11.8 Å². The van der Waals surface area contributed by atoms with Gasteiger partial charge in [0, 0.05) is 4.90 Å². The number of carbonyl (C=O) groups excluding carboxylic acids is 1. The van der Waals surface area contributed by atoms with E-state index in [4.69, 9.17) is 0 Å². The molecule has 0 unspecified atom stereocenters. The van der Waals surface area contributed by atoms with Crippen LogP contribution in [-0.4, -0.2) is 11.7 Å². The quantitative estimate of drug-likeness (QED) is 0.818. The summed E-state index contributed by atoms with van der Waals surface area (Å²) in [5.41, 5.74) is 3.10. The SMILES string of the molecule is CCSc1ccccc1C(=O)N[C@H](C)c1ccc(C)cc1. The first-order valence-electron chi connectivity index (χ1n) is 7.21. The maximum atomic E-state index is 12.5. The van der Waals surface area contributed by atoms with E-state index in [1.807, 2.05) is 31.2 Å². The zero-order valence-electron chi connectivity index (χ0n) is 12.7. The molecule has 110 valence electrons. The molecule has 0 aromatic heterocycles. The highest BCUT2D eigenvalue weighted by atomic mass is 32.2. The van der Waals surface area contributed by atoms with E-state index in [2.05, 4.69) is 43.4 Å². The van der Waals surface area contributed by atoms with E-state index in [9.17, 15) is 4.79 Å². The molecule has 2 aromatic carbocycles. The van der Waals surface area contributed by atoms with Crippen LogP contribution in [0.1, 0.15) is 41.4 Å². The standard InChI is InChI=1S/C18H21NOS/c1-4-21-17-8-6-5-7-16(17)18(20)19-14(3)15-11-9-13(2)10-12-15/h5-12,14H,4H2,1-3H3,(H,19,20)/t14-/m1/s1. The summed E-state index contributed by atoms with van der Waals surface area (Å²) in [5.74, 6) is 0.942. The Bertz CT molecular complexity index is 607. The summed E-state index contributed by atoms with van der Waals surface area (Å²) in [6.45, 7) is 6.16. The van der Waals surface area contributed by atoms with E-state index in [0.29, 0.717) is 0 Å². The van der Waals surface area contributed by atoms with E-state index >= 15 is 0 Å². The molecule has 0 aliphatic rings. The van der Waals surface area contributed by atoms with Gasteiger partial charge in [-0.05, 0) is 37.3 Å². The summed E-state index contributed by atoms with van der Waals surface area (Å²) in [4.78, 5) is 13.5. The monoisotopic (exact) mass is 299 g/mol. The molecular formula is C18H21NOS. The minimum absolute atomic E-state index is 0.00205. The second-order valence-corrected chi connectivity index (χ2v) is 6.34. The number of benzene rings is 2. The number of rotatable bonds is 5. The second kappa shape index (κ2) is 7.32. The molecule has 2 nitrogen and oxygen atoms in total. The Kier molecular flexibility index (Phi) is 5.45. The van der Waals surface area contributed by atoms with Crippen molar-refractivity contribution in [3.63, 3.8) is 0 Å². The number of amides is 1. The lowest BCUT2D eigenvalue weighted by molar-refractivity contribution is 0.0937. The minimum Gasteiger partial charge on any atom is -0.345 e. The topological polar surface area (TPSA) is 29.1 Å². The van der Waals surface area contributed by atoms with Gasteiger partial charge in [-0.2, -0.15) is 0 Å². The maximum Gasteiger partial charge on any atom is 0.252 e. The van der Waals surface area contributed by atoms with Crippen LogP contribution in [-0.2, 0) is 0 Å². The number of nitrogens with one attached hydrogen (secondary N) is 1. The third kappa shape index (κ3) is 4.11. The lowest BCUT2D eigenvalue weighted by Crippen LogP contribution is -2.27. The van der Waals surface area contributed by atoms with Crippen LogP contribution in [0.5, 0.6) is 0 Å². The van der Waals surface area contributed by atoms with Crippen molar-refractivity contribution in [2.45, 2.75) is 31.7 Å². The van der Waals surface area contributed by atoms with Gasteiger partial charge in [-0.25, -0.2) is 0 Å². The van der Waals surface area contributed by atoms with Gasteiger partial charge in [-0.15, -0.1) is 11.8 Å². The molecule has 0 saturated carbocycles. The molecule has 21 heavy (non-hydrogen) atoms. The van der Waals surface area contributed by atoms with Crippen molar-refractivity contribution in [2.24, 2.45) is 0 Å². The molecule has 0 heterocycles. The zero-order valence-corrected chi connectivity index (χ0v) is 13.5. The zero-order chi connectivity index (χ0) is 15.2. The van der Waals surface area contributed by atoms with Crippen LogP contribution in [0.4, 0.5) is 0 Å². The maximum absolute atomic E-state index is 12.5. The predicted molar refractivity (Wildman–Crippen MR) is 89.9 cm³/mol. The number of carbonyl (C=O) groups is 1. The third-order valence-corrected chi connectivity index (χ3v) is 4.31. The first kappa shape index (κ1) is 15.6. The molecule has 1 N–H and O–H groups in total. The fourth-order valence-electron chi connectivity index (χ4n) is 2.15. The van der Waals surface area contributed by atoms with E-state index in [-0.39, 0.29) is 11.9 Å². The molecule has 0 aliphatic heterocycles. The van der Waals surface area contributed by atoms with E-state index in [0.717, 1.165) is 21.8 Å². The molecule has 0 saturated heterocycles. The van der Waals surface area contributed by atoms with Crippen molar-refractivity contribution >= 4 is 17.7 Å². The van der Waals surface area contributed by atoms with Gasteiger partial charge in [0.15, 0.2) is 0 Å². The Balaban J connectivity index is 2.12. The van der Waals surface area contributed by atoms with Crippen LogP contribution in [0.3, 0.4) is 0 Å². The highest BCUT2D eigenvalue weighted by Crippen LogP contribution is 2.23. The van der Waals surface area contributed by atoms with Crippen molar-refractivity contribution in [3.8, 4) is 0 Å². The molecule has 0 fully saturated rings. The van der Waals surface area contributed by atoms with E-state index in [1.54, 1.807) is 11.8 Å². The summed E-state index contributed by atoms with van der Waals surface area (Å²) in [7, 11) is 0. The first-order chi connectivity index (χ1) is 10.1. The van der Waals surface area contributed by atoms with E-state index in [1.165, 1.54) is 5.56 Å². The highest BCUT2D eigenvalue weighted by molar-refractivity contribution is 7.99. The van der Waals surface area contributed by atoms with Crippen molar-refractivity contribution in [1.29, 1.82) is 0 Å². The Morgan fingerprint density at radius 2 is 1.81 bits per heavy atom. The van der Waals surface area contributed by atoms with Gasteiger partial charge in [0.1, 0.15) is 0 Å². The average molecular weight is 299 g/mol. The van der Waals surface area contributed by atoms with Crippen molar-refractivity contribution in [1.82, 2.24) is 5.32 Å². The normalized spacial score (nSPS) is 12.0. The third-order valence-electron chi connectivity index (χ3n) is 3.36. The molecule has 1 amide bonds. The fourth-order valence-corrected chi connectivity index (χ4v) is 2.95. The van der Waals surface area contributed by atoms with E-state index < -0.39 is 0 Å². The smallest absolute Gasteiger partial charge is 0.252 e. The summed E-state index contributed by atoms with van der Waals surface area (Å²) in [5, 5.41) is 3.08. The Labute approximate surface area is 131 Å². The fraction of sp³-hybridized carbons (Fsp3) is 0.278. The van der Waals surface area contributed by atoms with Crippen molar-refractivity contribution in [2.75, 3.05) is 5.75 Å². The molecule has 0 radical (unpaired) electrons. The number of aryl methyl sites for hydroxylation is 1. The molecule has 3 heteroatoms. The van der Waals surface area contributed by atoms with Gasteiger partial charge in [0.05, 0.1) is 11.6 Å². The van der Waals surface area contributed by atoms with Gasteiger partial charge in [-0.1, -0.05) is 48.9 Å². The van der Waals surface area contributed by atoms with Gasteiger partial charge in [-0.3, -0.25) is 4.79 Å². The Hall–Kier alpha value is -1.74. The molecule has 1 atom stereocenters. The molecule has 2 aromatic rings. The van der Waals surface area contributed by atoms with Crippen LogP contribution in [0.25, 0.3) is 0 Å². The van der Waals surface area contributed by atoms with Crippen LogP contribution in [0.2, 0.25) is 0 Å². The summed E-state index contributed by atoms with van der Waals surface area (Å²) in [6.07, 6.45) is 0. The highest BCUT2D eigenvalue weighted by Gasteiger charge is 2.14. The largest absolute Gasteiger partial charge is 0.345 e. The summed E-state index contributed by atoms with van der Waals surface area (Å²) < 4.78 is 0. The first-order valence-corrected chi connectivity index (χ1v) is 8.19. The van der Waals surface area contributed by atoms with Gasteiger partial charge in [0.25, 0.3) is 5.91 Å². The van der Waals surface area contributed by atoms with Crippen molar-refractivity contribution < 1.29 is 4.79 Å². The van der Waals surface area contributed by atoms with Gasteiger partial charge < -0.3 is 5.32 Å². The molecule has 0 spiro atoms. The molecular weight excluding hydrogens is 278 g/mol. The van der Waals surface area contributed by atoms with Crippen LogP contribution in [0, 0.1) is 6.92 Å². The van der Waals surface area contributed by atoms with Gasteiger partial charge in [0.2, 0.25) is 0 Å².